The lowest BCUT2D eigenvalue weighted by molar-refractivity contribution is -0.137. The average molecular weight is 297 g/mol. The molecule has 5 nitrogen and oxygen atoms in total. The lowest BCUT2D eigenvalue weighted by atomic mass is 10.2. The molecular weight excluding hydrogens is 278 g/mol. The maximum Gasteiger partial charge on any atom is 0.303 e. The number of carboxylic acid groups (broad SMARTS) is 1. The lowest BCUT2D eigenvalue weighted by Gasteiger charge is -2.06. The lowest BCUT2D eigenvalue weighted by Crippen LogP contribution is -2.24. The minimum Gasteiger partial charge on any atom is -0.481 e. The summed E-state index contributed by atoms with van der Waals surface area (Å²) in [6.45, 7) is 0.557. The van der Waals surface area contributed by atoms with Crippen LogP contribution in [0.25, 0.3) is 0 Å². The number of hydrogen-bond donors (Lipinski definition) is 2. The Kier molecular flexibility index (Phi) is 7.57. The summed E-state index contributed by atoms with van der Waals surface area (Å²) < 4.78 is 5.22. The molecule has 0 bridgehead atoms. The zero-order valence-corrected chi connectivity index (χ0v) is 12.2. The molecule has 1 aromatic rings. The zero-order chi connectivity index (χ0) is 14.8. The zero-order valence-electron chi connectivity index (χ0n) is 11.4. The Hall–Kier alpha value is -1.69. The van der Waals surface area contributed by atoms with E-state index in [1.165, 1.54) is 12.0 Å². The van der Waals surface area contributed by atoms with Crippen LogP contribution < -0.4 is 9.50 Å². The fourth-order valence-electron chi connectivity index (χ4n) is 1.64. The van der Waals surface area contributed by atoms with Gasteiger partial charge in [0, 0.05) is 24.8 Å². The predicted octanol–water partition coefficient (Wildman–Crippen LogP) is 2.72. The maximum atomic E-state index is 11.8. The summed E-state index contributed by atoms with van der Waals surface area (Å²) in [5.41, 5.74) is 0.587. The molecule has 0 saturated heterocycles. The minimum absolute atomic E-state index is 0.126. The molecule has 0 aromatic heterocycles. The topological polar surface area (TPSA) is 75.6 Å². The van der Waals surface area contributed by atoms with Gasteiger partial charge in [0.05, 0.1) is 12.0 Å². The van der Waals surface area contributed by atoms with E-state index < -0.39 is 5.97 Å². The van der Waals surface area contributed by atoms with Gasteiger partial charge in [-0.25, -0.2) is 0 Å². The van der Waals surface area contributed by atoms with Crippen molar-refractivity contribution < 1.29 is 18.9 Å². The third-order valence-corrected chi connectivity index (χ3v) is 3.01. The molecule has 6 heteroatoms. The number of aliphatic carboxylic acids is 1. The summed E-state index contributed by atoms with van der Waals surface area (Å²) in [6.07, 6.45) is 4.24. The van der Waals surface area contributed by atoms with E-state index in [4.69, 9.17) is 9.29 Å². The van der Waals surface area contributed by atoms with E-state index in [0.717, 1.165) is 12.8 Å². The van der Waals surface area contributed by atoms with Crippen LogP contribution in [0.5, 0.6) is 5.75 Å². The van der Waals surface area contributed by atoms with E-state index in [-0.39, 0.29) is 12.3 Å². The van der Waals surface area contributed by atoms with Crippen LogP contribution in [0.1, 0.15) is 36.0 Å². The fraction of sp³-hybridized carbons (Fsp3) is 0.429. The van der Waals surface area contributed by atoms with Gasteiger partial charge in [0.2, 0.25) is 0 Å². The Morgan fingerprint density at radius 1 is 1.20 bits per heavy atom. The highest BCUT2D eigenvalue weighted by atomic mass is 32.2. The third-order valence-electron chi connectivity index (χ3n) is 2.65. The number of carbonyl (C=O) groups is 2. The summed E-state index contributed by atoms with van der Waals surface area (Å²) >= 11 is 1.25. The third kappa shape index (κ3) is 6.47. The largest absolute Gasteiger partial charge is 0.481 e. The first kappa shape index (κ1) is 16.4. The monoisotopic (exact) mass is 297 g/mol. The van der Waals surface area contributed by atoms with Crippen molar-refractivity contribution in [3.63, 3.8) is 0 Å². The summed E-state index contributed by atoms with van der Waals surface area (Å²) in [5, 5.41) is 11.3. The second-order valence-electron chi connectivity index (χ2n) is 4.23. The number of amides is 1. The van der Waals surface area contributed by atoms with Gasteiger partial charge in [-0.05, 0) is 37.1 Å². The van der Waals surface area contributed by atoms with E-state index >= 15 is 0 Å². The van der Waals surface area contributed by atoms with Gasteiger partial charge in [0.25, 0.3) is 5.91 Å². The van der Waals surface area contributed by atoms with E-state index in [0.29, 0.717) is 24.3 Å². The first-order chi connectivity index (χ1) is 9.63. The van der Waals surface area contributed by atoms with Gasteiger partial charge in [-0.1, -0.05) is 6.42 Å². The molecular formula is C14H19NO4S. The van der Waals surface area contributed by atoms with Gasteiger partial charge >= 0.3 is 5.97 Å². The Labute approximate surface area is 122 Å². The molecule has 0 fully saturated rings. The molecule has 20 heavy (non-hydrogen) atoms. The molecule has 0 spiro atoms. The fourth-order valence-corrected chi connectivity index (χ4v) is 1.94. The first-order valence-corrected chi connectivity index (χ1v) is 7.59. The standard InChI is InChI=1S/C14H19NO4S/c1-20-19-12-8-6-11(7-9-12)14(18)15-10-4-2-3-5-13(16)17/h6-9H,2-5,10H2,1H3,(H,15,18)(H,16,17). The molecule has 2 N–H and O–H groups in total. The number of benzene rings is 1. The van der Waals surface area contributed by atoms with E-state index in [2.05, 4.69) is 5.32 Å². The van der Waals surface area contributed by atoms with Crippen molar-refractivity contribution in [1.29, 1.82) is 0 Å². The van der Waals surface area contributed by atoms with Crippen LogP contribution in [-0.4, -0.2) is 29.8 Å². The van der Waals surface area contributed by atoms with Crippen molar-refractivity contribution in [3.8, 4) is 5.75 Å². The van der Waals surface area contributed by atoms with E-state index in [1.54, 1.807) is 24.3 Å². The quantitative estimate of drug-likeness (QED) is 0.541. The van der Waals surface area contributed by atoms with E-state index in [1.807, 2.05) is 6.26 Å². The van der Waals surface area contributed by atoms with Crippen LogP contribution in [0.2, 0.25) is 0 Å². The highest BCUT2D eigenvalue weighted by Crippen LogP contribution is 2.15. The normalized spacial score (nSPS) is 10.1. The van der Waals surface area contributed by atoms with Crippen LogP contribution in [0.4, 0.5) is 0 Å². The highest BCUT2D eigenvalue weighted by Gasteiger charge is 2.05. The van der Waals surface area contributed by atoms with Crippen molar-refractivity contribution in [3.05, 3.63) is 29.8 Å². The average Bonchev–Trinajstić information content (AvgIpc) is 2.43. The second kappa shape index (κ2) is 9.25. The first-order valence-electron chi connectivity index (χ1n) is 6.44. The molecule has 0 aliphatic heterocycles. The van der Waals surface area contributed by atoms with Crippen molar-refractivity contribution in [2.45, 2.75) is 25.7 Å². The molecule has 1 amide bonds. The van der Waals surface area contributed by atoms with Gasteiger partial charge in [0.1, 0.15) is 5.75 Å². The van der Waals surface area contributed by atoms with Crippen LogP contribution in [0.15, 0.2) is 24.3 Å². The minimum atomic E-state index is -0.776. The van der Waals surface area contributed by atoms with Gasteiger partial charge in [-0.2, -0.15) is 0 Å². The van der Waals surface area contributed by atoms with Crippen LogP contribution in [-0.2, 0) is 4.79 Å². The maximum absolute atomic E-state index is 11.8. The molecule has 0 unspecified atom stereocenters. The molecule has 1 rings (SSSR count). The molecule has 0 saturated carbocycles. The molecule has 0 atom stereocenters. The Morgan fingerprint density at radius 3 is 2.50 bits per heavy atom. The SMILES string of the molecule is CSOc1ccc(C(=O)NCCCCCC(=O)O)cc1. The molecule has 0 aliphatic carbocycles. The number of rotatable bonds is 9. The number of nitrogens with one attached hydrogen (secondary N) is 1. The van der Waals surface area contributed by atoms with Crippen molar-refractivity contribution >= 4 is 23.9 Å². The van der Waals surface area contributed by atoms with Crippen LogP contribution in [0.3, 0.4) is 0 Å². The number of hydrogen-bond acceptors (Lipinski definition) is 4. The Balaban J connectivity index is 2.23. The van der Waals surface area contributed by atoms with Gasteiger partial charge in [-0.3, -0.25) is 9.59 Å². The van der Waals surface area contributed by atoms with Crippen LogP contribution >= 0.6 is 12.0 Å². The van der Waals surface area contributed by atoms with Crippen LogP contribution in [0, 0.1) is 0 Å². The second-order valence-corrected chi connectivity index (χ2v) is 4.73. The summed E-state index contributed by atoms with van der Waals surface area (Å²) in [6, 6.07) is 6.92. The summed E-state index contributed by atoms with van der Waals surface area (Å²) in [5.74, 6) is -0.191. The number of carbonyl (C=O) groups excluding carboxylic acids is 1. The Morgan fingerprint density at radius 2 is 1.90 bits per heavy atom. The highest BCUT2D eigenvalue weighted by molar-refractivity contribution is 7.94. The summed E-state index contributed by atoms with van der Waals surface area (Å²) in [4.78, 5) is 22.1. The van der Waals surface area contributed by atoms with Gasteiger partial charge in [0.15, 0.2) is 0 Å². The van der Waals surface area contributed by atoms with Gasteiger partial charge in [-0.15, -0.1) is 0 Å². The molecule has 1 aromatic carbocycles. The number of unbranched alkanes of at least 4 members (excludes halogenated alkanes) is 2. The van der Waals surface area contributed by atoms with Crippen molar-refractivity contribution in [1.82, 2.24) is 5.32 Å². The molecule has 110 valence electrons. The predicted molar refractivity (Wildman–Crippen MR) is 79.0 cm³/mol. The molecule has 0 aliphatic rings. The molecule has 0 heterocycles. The number of carboxylic acids is 1. The molecule has 0 radical (unpaired) electrons. The van der Waals surface area contributed by atoms with Crippen molar-refractivity contribution in [2.24, 2.45) is 0 Å². The van der Waals surface area contributed by atoms with Crippen molar-refractivity contribution in [2.75, 3.05) is 12.8 Å². The smallest absolute Gasteiger partial charge is 0.303 e. The summed E-state index contributed by atoms with van der Waals surface area (Å²) in [7, 11) is 0. The van der Waals surface area contributed by atoms with Gasteiger partial charge < -0.3 is 14.6 Å². The van der Waals surface area contributed by atoms with E-state index in [9.17, 15) is 9.59 Å². The Bertz CT molecular complexity index is 433.